The van der Waals surface area contributed by atoms with Gasteiger partial charge < -0.3 is 0 Å². The molecule has 1 atom stereocenters. The van der Waals surface area contributed by atoms with Crippen LogP contribution in [-0.4, -0.2) is 26.5 Å². The standard InChI is InChI=1S/C10H14N2O2S3/c1-8(15-2)5-6-12-17(13,14)10-4-3-9(7-11)16-10/h3-4,8,12H,5-6H2,1-2H3. The number of nitrogens with zero attached hydrogens (tertiary/aromatic N) is 1. The van der Waals surface area contributed by atoms with Crippen molar-refractivity contribution in [3.8, 4) is 6.07 Å². The predicted octanol–water partition coefficient (Wildman–Crippen LogP) is 2.04. The van der Waals surface area contributed by atoms with Gasteiger partial charge >= 0.3 is 0 Å². The molecule has 1 rings (SSSR count). The highest BCUT2D eigenvalue weighted by molar-refractivity contribution is 7.99. The highest BCUT2D eigenvalue weighted by atomic mass is 32.2. The molecule has 1 aromatic heterocycles. The molecule has 0 aliphatic rings. The Morgan fingerprint density at radius 3 is 2.82 bits per heavy atom. The summed E-state index contributed by atoms with van der Waals surface area (Å²) in [6.07, 6.45) is 2.79. The van der Waals surface area contributed by atoms with Crippen LogP contribution in [0.4, 0.5) is 0 Å². The SMILES string of the molecule is CSC(C)CCNS(=O)(=O)c1ccc(C#N)s1. The first-order chi connectivity index (χ1) is 7.99. The van der Waals surface area contributed by atoms with E-state index >= 15 is 0 Å². The Hall–Kier alpha value is -0.550. The molecule has 94 valence electrons. The van der Waals surface area contributed by atoms with Gasteiger partial charge in [-0.1, -0.05) is 6.92 Å². The van der Waals surface area contributed by atoms with Crippen LogP contribution in [0.3, 0.4) is 0 Å². The molecule has 1 unspecified atom stereocenters. The maximum Gasteiger partial charge on any atom is 0.250 e. The summed E-state index contributed by atoms with van der Waals surface area (Å²) in [5, 5.41) is 9.07. The van der Waals surface area contributed by atoms with Gasteiger partial charge in [-0.15, -0.1) is 11.3 Å². The molecule has 0 aliphatic heterocycles. The molecule has 1 N–H and O–H groups in total. The number of sulfonamides is 1. The maximum absolute atomic E-state index is 11.8. The molecule has 1 aromatic rings. The number of nitriles is 1. The third kappa shape index (κ3) is 4.32. The quantitative estimate of drug-likeness (QED) is 0.870. The zero-order chi connectivity index (χ0) is 12.9. The predicted molar refractivity (Wildman–Crippen MR) is 71.8 cm³/mol. The van der Waals surface area contributed by atoms with Crippen LogP contribution in [-0.2, 0) is 10.0 Å². The average Bonchev–Trinajstić information content (AvgIpc) is 2.77. The minimum absolute atomic E-state index is 0.200. The molecule has 1 heterocycles. The van der Waals surface area contributed by atoms with Crippen LogP contribution >= 0.6 is 23.1 Å². The zero-order valence-corrected chi connectivity index (χ0v) is 12.1. The van der Waals surface area contributed by atoms with Gasteiger partial charge in [0.05, 0.1) is 0 Å². The highest BCUT2D eigenvalue weighted by Gasteiger charge is 2.16. The van der Waals surface area contributed by atoms with Gasteiger partial charge in [0.15, 0.2) is 0 Å². The smallest absolute Gasteiger partial charge is 0.210 e. The molecule has 0 spiro atoms. The molecule has 0 saturated heterocycles. The number of thiophene rings is 1. The van der Waals surface area contributed by atoms with Crippen LogP contribution in [0, 0.1) is 11.3 Å². The third-order valence-corrected chi connectivity index (χ3v) is 6.18. The van der Waals surface area contributed by atoms with E-state index in [1.54, 1.807) is 11.8 Å². The van der Waals surface area contributed by atoms with E-state index in [2.05, 4.69) is 11.6 Å². The van der Waals surface area contributed by atoms with Gasteiger partial charge in [0.25, 0.3) is 0 Å². The van der Waals surface area contributed by atoms with Crippen molar-refractivity contribution in [2.45, 2.75) is 22.8 Å². The number of thioether (sulfide) groups is 1. The summed E-state index contributed by atoms with van der Waals surface area (Å²) in [6, 6.07) is 4.91. The van der Waals surface area contributed by atoms with Gasteiger partial charge in [-0.25, -0.2) is 13.1 Å². The van der Waals surface area contributed by atoms with E-state index in [-0.39, 0.29) is 4.21 Å². The molecule has 4 nitrogen and oxygen atoms in total. The van der Waals surface area contributed by atoms with Gasteiger partial charge in [0, 0.05) is 11.8 Å². The largest absolute Gasteiger partial charge is 0.250 e. The molecule has 0 amide bonds. The molecule has 0 radical (unpaired) electrons. The summed E-state index contributed by atoms with van der Waals surface area (Å²) in [7, 11) is -3.45. The fourth-order valence-electron chi connectivity index (χ4n) is 1.11. The van der Waals surface area contributed by atoms with E-state index in [1.165, 1.54) is 12.1 Å². The summed E-state index contributed by atoms with van der Waals surface area (Å²) >= 11 is 2.69. The van der Waals surface area contributed by atoms with Crippen molar-refractivity contribution in [2.75, 3.05) is 12.8 Å². The van der Waals surface area contributed by atoms with E-state index in [4.69, 9.17) is 5.26 Å². The lowest BCUT2D eigenvalue weighted by molar-refractivity contribution is 0.581. The van der Waals surface area contributed by atoms with Gasteiger partial charge in [-0.3, -0.25) is 0 Å². The lowest BCUT2D eigenvalue weighted by Gasteiger charge is -2.08. The van der Waals surface area contributed by atoms with Crippen molar-refractivity contribution < 1.29 is 8.42 Å². The molecule has 0 aromatic carbocycles. The fourth-order valence-corrected chi connectivity index (χ4v) is 3.66. The second-order valence-corrected chi connectivity index (χ2v) is 7.82. The Kier molecular flexibility index (Phi) is 5.46. The molecule has 0 bridgehead atoms. The van der Waals surface area contributed by atoms with Crippen molar-refractivity contribution in [3.63, 3.8) is 0 Å². The van der Waals surface area contributed by atoms with Crippen LogP contribution in [0.1, 0.15) is 18.2 Å². The second kappa shape index (κ2) is 6.40. The Morgan fingerprint density at radius 1 is 1.59 bits per heavy atom. The minimum atomic E-state index is -3.45. The summed E-state index contributed by atoms with van der Waals surface area (Å²) in [5.74, 6) is 0. The lowest BCUT2D eigenvalue weighted by Crippen LogP contribution is -2.25. The van der Waals surface area contributed by atoms with E-state index in [0.717, 1.165) is 17.8 Å². The van der Waals surface area contributed by atoms with Crippen molar-refractivity contribution >= 4 is 33.1 Å². The Morgan fingerprint density at radius 2 is 2.29 bits per heavy atom. The van der Waals surface area contributed by atoms with E-state index in [0.29, 0.717) is 16.7 Å². The number of nitrogens with one attached hydrogen (secondary N) is 1. The van der Waals surface area contributed by atoms with E-state index < -0.39 is 10.0 Å². The highest BCUT2D eigenvalue weighted by Crippen LogP contribution is 2.20. The molecule has 17 heavy (non-hydrogen) atoms. The Labute approximate surface area is 110 Å². The van der Waals surface area contributed by atoms with Crippen LogP contribution in [0.2, 0.25) is 0 Å². The summed E-state index contributed by atoms with van der Waals surface area (Å²) < 4.78 is 26.4. The molecular weight excluding hydrogens is 276 g/mol. The van der Waals surface area contributed by atoms with Crippen molar-refractivity contribution in [3.05, 3.63) is 17.0 Å². The number of hydrogen-bond donors (Lipinski definition) is 1. The molecule has 0 aliphatic carbocycles. The average molecular weight is 290 g/mol. The van der Waals surface area contributed by atoms with Crippen molar-refractivity contribution in [2.24, 2.45) is 0 Å². The van der Waals surface area contributed by atoms with Gasteiger partial charge in [0.2, 0.25) is 10.0 Å². The van der Waals surface area contributed by atoms with Crippen LogP contribution < -0.4 is 4.72 Å². The summed E-state index contributed by atoms with van der Waals surface area (Å²) in [6.45, 7) is 2.47. The monoisotopic (exact) mass is 290 g/mol. The topological polar surface area (TPSA) is 70.0 Å². The number of rotatable bonds is 6. The van der Waals surface area contributed by atoms with Gasteiger partial charge in [0.1, 0.15) is 15.2 Å². The number of hydrogen-bond acceptors (Lipinski definition) is 5. The van der Waals surface area contributed by atoms with E-state index in [9.17, 15) is 8.42 Å². The summed E-state index contributed by atoms with van der Waals surface area (Å²) in [4.78, 5) is 0.405. The minimum Gasteiger partial charge on any atom is -0.210 e. The Bertz CT molecular complexity index is 502. The van der Waals surface area contributed by atoms with Crippen LogP contribution in [0.15, 0.2) is 16.3 Å². The molecule has 7 heteroatoms. The van der Waals surface area contributed by atoms with Gasteiger partial charge in [-0.2, -0.15) is 17.0 Å². The molecule has 0 fully saturated rings. The normalized spacial score (nSPS) is 13.2. The van der Waals surface area contributed by atoms with Crippen LogP contribution in [0.5, 0.6) is 0 Å². The first kappa shape index (κ1) is 14.5. The zero-order valence-electron chi connectivity index (χ0n) is 9.63. The van der Waals surface area contributed by atoms with Crippen molar-refractivity contribution in [1.82, 2.24) is 4.72 Å². The molecular formula is C10H14N2O2S3. The Balaban J connectivity index is 2.60. The first-order valence-electron chi connectivity index (χ1n) is 5.02. The maximum atomic E-state index is 11.8. The summed E-state index contributed by atoms with van der Waals surface area (Å²) in [5.41, 5.74) is 0. The lowest BCUT2D eigenvalue weighted by atomic mass is 10.3. The van der Waals surface area contributed by atoms with Crippen LogP contribution in [0.25, 0.3) is 0 Å². The van der Waals surface area contributed by atoms with Crippen molar-refractivity contribution in [1.29, 1.82) is 5.26 Å². The fraction of sp³-hybridized carbons (Fsp3) is 0.500. The van der Waals surface area contributed by atoms with E-state index in [1.807, 2.05) is 12.3 Å². The first-order valence-corrected chi connectivity index (χ1v) is 8.60. The second-order valence-electron chi connectivity index (χ2n) is 3.46. The molecule has 0 saturated carbocycles. The third-order valence-electron chi connectivity index (χ3n) is 2.20. The van der Waals surface area contributed by atoms with Gasteiger partial charge in [-0.05, 0) is 24.8 Å².